The van der Waals surface area contributed by atoms with Gasteiger partial charge in [-0.15, -0.1) is 11.3 Å². The van der Waals surface area contributed by atoms with Gasteiger partial charge in [0.15, 0.2) is 0 Å². The maximum atomic E-state index is 5.90. The summed E-state index contributed by atoms with van der Waals surface area (Å²) in [5.41, 5.74) is 3.98. The second-order valence-corrected chi connectivity index (χ2v) is 8.60. The third-order valence-corrected chi connectivity index (χ3v) is 6.56. The molecule has 4 heteroatoms. The molecule has 0 aliphatic rings. The van der Waals surface area contributed by atoms with Crippen LogP contribution in [-0.4, -0.2) is 9.97 Å². The number of nitrogens with zero attached hydrogens (tertiary/aromatic N) is 2. The van der Waals surface area contributed by atoms with Crippen molar-refractivity contribution in [3.8, 4) is 34.1 Å². The molecule has 0 saturated carbocycles. The summed E-state index contributed by atoms with van der Waals surface area (Å²) in [6, 6.07) is 34.9. The van der Waals surface area contributed by atoms with E-state index in [1.165, 1.54) is 20.2 Å². The lowest BCUT2D eigenvalue weighted by molar-refractivity contribution is 0.463. The highest BCUT2D eigenvalue weighted by Gasteiger charge is 2.09. The summed E-state index contributed by atoms with van der Waals surface area (Å²) in [6.45, 7) is 0. The van der Waals surface area contributed by atoms with Crippen LogP contribution < -0.4 is 4.74 Å². The van der Waals surface area contributed by atoms with Crippen molar-refractivity contribution < 1.29 is 4.74 Å². The van der Waals surface area contributed by atoms with Crippen molar-refractivity contribution in [2.24, 2.45) is 0 Å². The zero-order valence-corrected chi connectivity index (χ0v) is 17.9. The number of pyridine rings is 2. The Morgan fingerprint density at radius 2 is 1.38 bits per heavy atom. The van der Waals surface area contributed by atoms with Crippen molar-refractivity contribution in [3.63, 3.8) is 0 Å². The topological polar surface area (TPSA) is 35.0 Å². The van der Waals surface area contributed by atoms with Crippen LogP contribution in [0, 0.1) is 0 Å². The Hall–Kier alpha value is -4.02. The molecule has 6 rings (SSSR count). The maximum absolute atomic E-state index is 5.90. The van der Waals surface area contributed by atoms with Gasteiger partial charge in [0, 0.05) is 43.6 Å². The van der Waals surface area contributed by atoms with E-state index in [4.69, 9.17) is 9.72 Å². The Kier molecular flexibility index (Phi) is 4.63. The maximum Gasteiger partial charge on any atom is 0.219 e. The van der Waals surface area contributed by atoms with Crippen molar-refractivity contribution in [3.05, 3.63) is 109 Å². The first-order valence-corrected chi connectivity index (χ1v) is 11.2. The Labute approximate surface area is 189 Å². The van der Waals surface area contributed by atoms with Crippen LogP contribution in [0.2, 0.25) is 0 Å². The fraction of sp³-hybridized carbons (Fsp3) is 0. The van der Waals surface area contributed by atoms with Crippen LogP contribution in [-0.2, 0) is 0 Å². The molecule has 0 amide bonds. The molecule has 0 radical (unpaired) electrons. The van der Waals surface area contributed by atoms with Crippen LogP contribution in [0.25, 0.3) is 42.7 Å². The highest BCUT2D eigenvalue weighted by molar-refractivity contribution is 7.25. The Morgan fingerprint density at radius 3 is 2.25 bits per heavy atom. The third-order valence-electron chi connectivity index (χ3n) is 5.41. The molecule has 0 unspecified atom stereocenters. The van der Waals surface area contributed by atoms with Gasteiger partial charge in [0.1, 0.15) is 5.75 Å². The molecule has 0 bridgehead atoms. The zero-order chi connectivity index (χ0) is 21.3. The van der Waals surface area contributed by atoms with Gasteiger partial charge in [-0.25, -0.2) is 9.97 Å². The molecule has 0 aliphatic carbocycles. The average molecular weight is 431 g/mol. The molecule has 152 valence electrons. The summed E-state index contributed by atoms with van der Waals surface area (Å²) in [5.74, 6) is 1.31. The van der Waals surface area contributed by atoms with Crippen molar-refractivity contribution >= 4 is 31.5 Å². The molecular formula is C28H18N2OS. The number of thiophene rings is 1. The van der Waals surface area contributed by atoms with Crippen LogP contribution in [0.4, 0.5) is 0 Å². The summed E-state index contributed by atoms with van der Waals surface area (Å²) in [7, 11) is 0. The van der Waals surface area contributed by atoms with Crippen molar-refractivity contribution in [1.29, 1.82) is 0 Å². The molecule has 0 saturated heterocycles. The summed E-state index contributed by atoms with van der Waals surface area (Å²) >= 11 is 1.83. The second kappa shape index (κ2) is 7.91. The molecule has 0 aliphatic heterocycles. The van der Waals surface area contributed by atoms with Gasteiger partial charge in [-0.1, -0.05) is 48.5 Å². The minimum absolute atomic E-state index is 0.572. The van der Waals surface area contributed by atoms with E-state index in [2.05, 4.69) is 59.6 Å². The van der Waals surface area contributed by atoms with E-state index in [1.807, 2.05) is 59.9 Å². The van der Waals surface area contributed by atoms with Crippen LogP contribution in [0.3, 0.4) is 0 Å². The molecule has 3 nitrogen and oxygen atoms in total. The van der Waals surface area contributed by atoms with Crippen LogP contribution in [0.15, 0.2) is 109 Å². The third kappa shape index (κ3) is 3.51. The summed E-state index contributed by atoms with van der Waals surface area (Å²) < 4.78 is 8.51. The second-order valence-electron chi connectivity index (χ2n) is 7.52. The Bertz CT molecular complexity index is 1560. The van der Waals surface area contributed by atoms with E-state index >= 15 is 0 Å². The number of fused-ring (bicyclic) bond motifs is 3. The van der Waals surface area contributed by atoms with E-state index in [9.17, 15) is 0 Å². The highest BCUT2D eigenvalue weighted by Crippen LogP contribution is 2.36. The predicted molar refractivity (Wildman–Crippen MR) is 132 cm³/mol. The summed E-state index contributed by atoms with van der Waals surface area (Å²) in [6.07, 6.45) is 1.72. The molecular weight excluding hydrogens is 412 g/mol. The molecule has 0 fully saturated rings. The van der Waals surface area contributed by atoms with E-state index in [0.29, 0.717) is 5.88 Å². The molecule has 0 N–H and O–H groups in total. The van der Waals surface area contributed by atoms with Crippen molar-refractivity contribution in [1.82, 2.24) is 9.97 Å². The first-order chi connectivity index (χ1) is 15.8. The van der Waals surface area contributed by atoms with Gasteiger partial charge in [-0.3, -0.25) is 0 Å². The lowest BCUT2D eigenvalue weighted by Crippen LogP contribution is -1.90. The molecule has 3 aromatic carbocycles. The summed E-state index contributed by atoms with van der Waals surface area (Å²) in [4.78, 5) is 9.20. The van der Waals surface area contributed by atoms with Gasteiger partial charge >= 0.3 is 0 Å². The fourth-order valence-corrected chi connectivity index (χ4v) is 4.98. The van der Waals surface area contributed by atoms with Gasteiger partial charge in [-0.2, -0.15) is 0 Å². The monoisotopic (exact) mass is 430 g/mol. The average Bonchev–Trinajstić information content (AvgIpc) is 3.23. The lowest BCUT2D eigenvalue weighted by Gasteiger charge is -2.08. The summed E-state index contributed by atoms with van der Waals surface area (Å²) in [5, 5.41) is 2.57. The van der Waals surface area contributed by atoms with Crippen molar-refractivity contribution in [2.45, 2.75) is 0 Å². The SMILES string of the molecule is c1ccc(Oc2cccc(-c3cccc(-c4ccc5sc6ccccc6c5c4)n3)c2)nc1. The zero-order valence-electron chi connectivity index (χ0n) is 17.1. The number of benzene rings is 3. The molecule has 0 atom stereocenters. The molecule has 6 aromatic rings. The van der Waals surface area contributed by atoms with Crippen LogP contribution in [0.5, 0.6) is 11.6 Å². The normalized spacial score (nSPS) is 11.1. The lowest BCUT2D eigenvalue weighted by atomic mass is 10.1. The minimum atomic E-state index is 0.572. The van der Waals surface area contributed by atoms with Crippen LogP contribution in [0.1, 0.15) is 0 Å². The van der Waals surface area contributed by atoms with E-state index in [1.54, 1.807) is 6.20 Å². The van der Waals surface area contributed by atoms with Gasteiger partial charge < -0.3 is 4.74 Å². The number of rotatable bonds is 4. The molecule has 0 spiro atoms. The van der Waals surface area contributed by atoms with E-state index in [-0.39, 0.29) is 0 Å². The Balaban J connectivity index is 1.37. The number of hydrogen-bond acceptors (Lipinski definition) is 4. The smallest absolute Gasteiger partial charge is 0.219 e. The first-order valence-electron chi connectivity index (χ1n) is 10.4. The fourth-order valence-electron chi connectivity index (χ4n) is 3.89. The minimum Gasteiger partial charge on any atom is -0.439 e. The number of aromatic nitrogens is 2. The predicted octanol–water partition coefficient (Wildman–Crippen LogP) is 7.97. The Morgan fingerprint density at radius 1 is 0.594 bits per heavy atom. The highest BCUT2D eigenvalue weighted by atomic mass is 32.1. The van der Waals surface area contributed by atoms with Crippen molar-refractivity contribution in [2.75, 3.05) is 0 Å². The number of ether oxygens (including phenoxy) is 1. The number of hydrogen-bond donors (Lipinski definition) is 0. The van der Waals surface area contributed by atoms with Gasteiger partial charge in [-0.05, 0) is 48.5 Å². The molecule has 3 aromatic heterocycles. The van der Waals surface area contributed by atoms with E-state index < -0.39 is 0 Å². The van der Waals surface area contributed by atoms with E-state index in [0.717, 1.165) is 28.3 Å². The molecule has 32 heavy (non-hydrogen) atoms. The standard InChI is InChI=1S/C28H18N2OS/c1-2-12-26-22(9-1)23-18-20(14-15-27(23)32-26)25-11-6-10-24(30-25)19-7-5-8-21(17-19)31-28-13-3-4-16-29-28/h1-18H. The first kappa shape index (κ1) is 18.7. The van der Waals surface area contributed by atoms with Gasteiger partial charge in [0.25, 0.3) is 0 Å². The quantitative estimate of drug-likeness (QED) is 0.284. The van der Waals surface area contributed by atoms with Gasteiger partial charge in [0.05, 0.1) is 11.4 Å². The van der Waals surface area contributed by atoms with Gasteiger partial charge in [0.2, 0.25) is 5.88 Å². The van der Waals surface area contributed by atoms with Crippen LogP contribution >= 0.6 is 11.3 Å². The molecule has 3 heterocycles. The largest absolute Gasteiger partial charge is 0.439 e.